The molecule has 0 bridgehead atoms. The minimum Gasteiger partial charge on any atom is -0.316 e. The summed E-state index contributed by atoms with van der Waals surface area (Å²) in [4.78, 5) is 4.08. The quantitative estimate of drug-likeness (QED) is 0.784. The van der Waals surface area contributed by atoms with E-state index in [-0.39, 0.29) is 5.82 Å². The lowest BCUT2D eigenvalue weighted by molar-refractivity contribution is 0.636. The van der Waals surface area contributed by atoms with Crippen LogP contribution in [0.25, 0.3) is 10.9 Å². The SMILES string of the molecule is CNCc1cnc2c(F)cccc2c1. The molecule has 72 valence electrons. The number of hydrogen-bond acceptors (Lipinski definition) is 2. The first-order valence-corrected chi connectivity index (χ1v) is 4.49. The van der Waals surface area contributed by atoms with Crippen molar-refractivity contribution in [2.75, 3.05) is 7.05 Å². The Labute approximate surface area is 81.8 Å². The second-order valence-electron chi connectivity index (χ2n) is 3.19. The summed E-state index contributed by atoms with van der Waals surface area (Å²) in [5, 5.41) is 3.87. The van der Waals surface area contributed by atoms with Crippen LogP contribution in [0.3, 0.4) is 0 Å². The number of hydrogen-bond donors (Lipinski definition) is 1. The summed E-state index contributed by atoms with van der Waals surface area (Å²) in [5.41, 5.74) is 1.50. The van der Waals surface area contributed by atoms with Gasteiger partial charge in [-0.05, 0) is 24.7 Å². The first kappa shape index (κ1) is 9.09. The lowest BCUT2D eigenvalue weighted by Gasteiger charge is -2.02. The van der Waals surface area contributed by atoms with Crippen molar-refractivity contribution >= 4 is 10.9 Å². The molecule has 0 aliphatic carbocycles. The number of nitrogens with one attached hydrogen (secondary N) is 1. The van der Waals surface area contributed by atoms with E-state index < -0.39 is 0 Å². The van der Waals surface area contributed by atoms with Crippen molar-refractivity contribution in [2.24, 2.45) is 0 Å². The number of aromatic nitrogens is 1. The molecule has 0 saturated heterocycles. The van der Waals surface area contributed by atoms with E-state index in [1.165, 1.54) is 6.07 Å². The minimum absolute atomic E-state index is 0.265. The molecule has 0 unspecified atom stereocenters. The number of pyridine rings is 1. The number of halogens is 1. The molecule has 2 nitrogen and oxygen atoms in total. The molecule has 0 fully saturated rings. The van der Waals surface area contributed by atoms with Gasteiger partial charge >= 0.3 is 0 Å². The average Bonchev–Trinajstić information content (AvgIpc) is 2.18. The molecule has 1 aromatic carbocycles. The van der Waals surface area contributed by atoms with E-state index in [1.54, 1.807) is 12.3 Å². The zero-order chi connectivity index (χ0) is 9.97. The Morgan fingerprint density at radius 2 is 2.29 bits per heavy atom. The van der Waals surface area contributed by atoms with Crippen LogP contribution in [0, 0.1) is 5.82 Å². The smallest absolute Gasteiger partial charge is 0.149 e. The van der Waals surface area contributed by atoms with Crippen LogP contribution in [0.1, 0.15) is 5.56 Å². The van der Waals surface area contributed by atoms with Crippen molar-refractivity contribution in [3.63, 3.8) is 0 Å². The molecular formula is C11H11FN2. The molecule has 14 heavy (non-hydrogen) atoms. The van der Waals surface area contributed by atoms with E-state index in [1.807, 2.05) is 19.2 Å². The van der Waals surface area contributed by atoms with E-state index >= 15 is 0 Å². The van der Waals surface area contributed by atoms with Crippen LogP contribution in [0.2, 0.25) is 0 Å². The van der Waals surface area contributed by atoms with Crippen molar-refractivity contribution in [1.29, 1.82) is 0 Å². The zero-order valence-electron chi connectivity index (χ0n) is 7.92. The van der Waals surface area contributed by atoms with Crippen molar-refractivity contribution in [3.8, 4) is 0 Å². The molecule has 1 aromatic heterocycles. The number of para-hydroxylation sites is 1. The summed E-state index contributed by atoms with van der Waals surface area (Å²) in [6, 6.07) is 6.93. The predicted octanol–water partition coefficient (Wildman–Crippen LogP) is 2.09. The Morgan fingerprint density at radius 1 is 1.43 bits per heavy atom. The van der Waals surface area contributed by atoms with Gasteiger partial charge < -0.3 is 5.32 Å². The lowest BCUT2D eigenvalue weighted by atomic mass is 10.1. The summed E-state index contributed by atoms with van der Waals surface area (Å²) in [6.07, 6.45) is 1.70. The summed E-state index contributed by atoms with van der Waals surface area (Å²) in [5.74, 6) is -0.265. The molecule has 0 atom stereocenters. The van der Waals surface area contributed by atoms with Crippen LogP contribution in [-0.2, 0) is 6.54 Å². The van der Waals surface area contributed by atoms with E-state index in [0.717, 1.165) is 17.5 Å². The van der Waals surface area contributed by atoms with Crippen LogP contribution < -0.4 is 5.32 Å². The molecule has 1 N–H and O–H groups in total. The van der Waals surface area contributed by atoms with Gasteiger partial charge in [-0.15, -0.1) is 0 Å². The predicted molar refractivity (Wildman–Crippen MR) is 54.5 cm³/mol. The maximum absolute atomic E-state index is 13.2. The van der Waals surface area contributed by atoms with Crippen molar-refractivity contribution in [2.45, 2.75) is 6.54 Å². The van der Waals surface area contributed by atoms with E-state index in [0.29, 0.717) is 5.52 Å². The summed E-state index contributed by atoms with van der Waals surface area (Å²) < 4.78 is 13.2. The van der Waals surface area contributed by atoms with Crippen molar-refractivity contribution in [3.05, 3.63) is 41.8 Å². The monoisotopic (exact) mass is 190 g/mol. The first-order valence-electron chi connectivity index (χ1n) is 4.49. The van der Waals surface area contributed by atoms with E-state index in [4.69, 9.17) is 0 Å². The van der Waals surface area contributed by atoms with Gasteiger partial charge in [-0.1, -0.05) is 12.1 Å². The van der Waals surface area contributed by atoms with Gasteiger partial charge in [0.05, 0.1) is 0 Å². The molecule has 1 heterocycles. The third-order valence-corrected chi connectivity index (χ3v) is 2.10. The summed E-state index contributed by atoms with van der Waals surface area (Å²) >= 11 is 0. The topological polar surface area (TPSA) is 24.9 Å². The molecule has 2 rings (SSSR count). The highest BCUT2D eigenvalue weighted by Gasteiger charge is 2.01. The van der Waals surface area contributed by atoms with Crippen LogP contribution in [0.4, 0.5) is 4.39 Å². The van der Waals surface area contributed by atoms with Gasteiger partial charge in [-0.3, -0.25) is 4.98 Å². The highest BCUT2D eigenvalue weighted by molar-refractivity contribution is 5.79. The molecule has 3 heteroatoms. The molecule has 0 radical (unpaired) electrons. The van der Waals surface area contributed by atoms with Gasteiger partial charge in [0, 0.05) is 18.1 Å². The molecule has 0 amide bonds. The van der Waals surface area contributed by atoms with Gasteiger partial charge in [0.25, 0.3) is 0 Å². The molecule has 0 spiro atoms. The van der Waals surface area contributed by atoms with Gasteiger partial charge in [0.2, 0.25) is 0 Å². The van der Waals surface area contributed by atoms with E-state index in [9.17, 15) is 4.39 Å². The Morgan fingerprint density at radius 3 is 3.07 bits per heavy atom. The third kappa shape index (κ3) is 1.59. The maximum atomic E-state index is 13.2. The van der Waals surface area contributed by atoms with Crippen LogP contribution in [0.15, 0.2) is 30.5 Å². The fourth-order valence-corrected chi connectivity index (χ4v) is 1.47. The normalized spacial score (nSPS) is 10.7. The number of fused-ring (bicyclic) bond motifs is 1. The second kappa shape index (κ2) is 3.72. The van der Waals surface area contributed by atoms with Crippen LogP contribution in [-0.4, -0.2) is 12.0 Å². The second-order valence-corrected chi connectivity index (χ2v) is 3.19. The van der Waals surface area contributed by atoms with Crippen LogP contribution in [0.5, 0.6) is 0 Å². The van der Waals surface area contributed by atoms with Gasteiger partial charge in [-0.2, -0.15) is 0 Å². The molecule has 0 aliphatic rings. The number of benzene rings is 1. The van der Waals surface area contributed by atoms with Crippen molar-refractivity contribution < 1.29 is 4.39 Å². The molecular weight excluding hydrogens is 179 g/mol. The number of rotatable bonds is 2. The maximum Gasteiger partial charge on any atom is 0.149 e. The Bertz CT molecular complexity index is 454. The van der Waals surface area contributed by atoms with Crippen LogP contribution >= 0.6 is 0 Å². The molecule has 0 aliphatic heterocycles. The molecule has 2 aromatic rings. The summed E-state index contributed by atoms with van der Waals surface area (Å²) in [7, 11) is 1.87. The summed E-state index contributed by atoms with van der Waals surface area (Å²) in [6.45, 7) is 0.749. The standard InChI is InChI=1S/C11H11FN2/c1-13-6-8-5-9-3-2-4-10(12)11(9)14-7-8/h2-5,7,13H,6H2,1H3. The lowest BCUT2D eigenvalue weighted by Crippen LogP contribution is -2.05. The minimum atomic E-state index is -0.265. The fraction of sp³-hybridized carbons (Fsp3) is 0.182. The van der Waals surface area contributed by atoms with E-state index in [2.05, 4.69) is 10.3 Å². The third-order valence-electron chi connectivity index (χ3n) is 2.10. The Hall–Kier alpha value is -1.48. The van der Waals surface area contributed by atoms with Gasteiger partial charge in [0.1, 0.15) is 11.3 Å². The first-order chi connectivity index (χ1) is 6.81. The highest BCUT2D eigenvalue weighted by Crippen LogP contribution is 2.16. The highest BCUT2D eigenvalue weighted by atomic mass is 19.1. The fourth-order valence-electron chi connectivity index (χ4n) is 1.47. The zero-order valence-corrected chi connectivity index (χ0v) is 7.92. The number of nitrogens with zero attached hydrogens (tertiary/aromatic N) is 1. The van der Waals surface area contributed by atoms with Gasteiger partial charge in [0.15, 0.2) is 0 Å². The Balaban J connectivity index is 2.56. The Kier molecular flexibility index (Phi) is 2.41. The largest absolute Gasteiger partial charge is 0.316 e. The average molecular weight is 190 g/mol. The van der Waals surface area contributed by atoms with Crippen molar-refractivity contribution in [1.82, 2.24) is 10.3 Å². The molecule has 0 saturated carbocycles. The van der Waals surface area contributed by atoms with Gasteiger partial charge in [-0.25, -0.2) is 4.39 Å².